The highest BCUT2D eigenvalue weighted by Gasteiger charge is 2.28. The van der Waals surface area contributed by atoms with Crippen LogP contribution in [0.4, 0.5) is 108 Å². The quantitative estimate of drug-likeness (QED) is 0.0211. The molecular formula is C48H48F4N24O20P4. The maximum atomic E-state index is 10.8. The monoisotopic (exact) mass is 1480 g/mol. The smallest absolute Gasteiger partial charge is 0.312 e. The second-order valence-electron chi connectivity index (χ2n) is 18.3. The van der Waals surface area contributed by atoms with Crippen LogP contribution in [-0.4, -0.2) is 38.9 Å². The van der Waals surface area contributed by atoms with Crippen LogP contribution in [0.3, 0.4) is 0 Å². The first kappa shape index (κ1) is 79.6. The molecule has 8 aromatic rings. The fourth-order valence-electron chi connectivity index (χ4n) is 7.58. The molecule has 44 nitrogen and oxygen atoms in total. The van der Waals surface area contributed by atoms with Crippen molar-refractivity contribution in [3.05, 3.63) is 236 Å². The molecule has 8 aliphatic rings. The molecule has 16 rings (SSSR count). The van der Waals surface area contributed by atoms with Crippen LogP contribution < -0.4 is 82.6 Å². The van der Waals surface area contributed by atoms with E-state index in [1.807, 2.05) is 146 Å². The third kappa shape index (κ3) is 29.0. The van der Waals surface area contributed by atoms with Gasteiger partial charge in [-0.25, -0.2) is 16.8 Å². The summed E-state index contributed by atoms with van der Waals surface area (Å²) >= 11 is 0. The minimum absolute atomic E-state index is 0.620. The van der Waals surface area contributed by atoms with E-state index in [1.165, 1.54) is 0 Å². The molecule has 52 heteroatoms. The van der Waals surface area contributed by atoms with Crippen molar-refractivity contribution < 1.29 is 156 Å². The van der Waals surface area contributed by atoms with Crippen LogP contribution in [0.15, 0.2) is 236 Å². The molecule has 0 amide bonds. The van der Waals surface area contributed by atoms with Gasteiger partial charge in [0.05, 0.1) is 0 Å². The highest BCUT2D eigenvalue weighted by Crippen LogP contribution is 2.28. The average Bonchev–Trinajstić information content (AvgIpc) is 1.79. The zero-order valence-electron chi connectivity index (χ0n) is 49.7. The van der Waals surface area contributed by atoms with Crippen LogP contribution in [0.2, 0.25) is 0 Å². The molecule has 0 aliphatic carbocycles. The van der Waals surface area contributed by atoms with E-state index >= 15 is 0 Å². The summed E-state index contributed by atoms with van der Waals surface area (Å²) in [7, 11) is -22.6. The lowest BCUT2D eigenvalue weighted by atomic mass is 10.3. The van der Waals surface area contributed by atoms with Gasteiger partial charge in [0, 0.05) is 136 Å². The van der Waals surface area contributed by atoms with Crippen molar-refractivity contribution in [2.75, 3.05) is 0 Å². The van der Waals surface area contributed by atoms with Crippen molar-refractivity contribution in [1.29, 1.82) is 0 Å². The van der Waals surface area contributed by atoms with Crippen LogP contribution in [0.25, 0.3) is 0 Å². The van der Waals surface area contributed by atoms with Crippen molar-refractivity contribution in [1.82, 2.24) is 0 Å². The van der Waals surface area contributed by atoms with Gasteiger partial charge in [-0.15, -0.1) is 43.4 Å². The minimum Gasteiger partial charge on any atom is -0.786 e. The topological polar surface area (TPSA) is 693 Å². The van der Waals surface area contributed by atoms with Crippen LogP contribution in [0, 0.1) is 41.7 Å². The number of nitrogens with two attached hydrogens (primary N) is 8. The molecule has 0 fully saturated rings. The lowest BCUT2D eigenvalue weighted by molar-refractivity contribution is -0.669. The van der Waals surface area contributed by atoms with E-state index in [0.29, 0.717) is 84.4 Å². The highest BCUT2D eigenvalue weighted by molar-refractivity contribution is 7.43. The summed E-state index contributed by atoms with van der Waals surface area (Å²) in [4.78, 5) is 72.5. The standard InChI is InChI=1S/8C6H5N3O.4FH2O3P/c8*10-9-6-4-2-1-3-5(6)7-8-9;4*1-5(2,3)4/h8*1-4,7H;4*(H2,2,3,4). The molecule has 100 heavy (non-hydrogen) atoms. The van der Waals surface area contributed by atoms with E-state index in [0.717, 1.165) is 45.5 Å². The van der Waals surface area contributed by atoms with Crippen molar-refractivity contribution in [2.24, 2.45) is 41.8 Å². The number of benzene rings is 8. The molecule has 0 radical (unpaired) electrons. The Morgan fingerprint density at radius 3 is 0.370 bits per heavy atom. The summed E-state index contributed by atoms with van der Waals surface area (Å²) in [5.41, 5.74) is 24.6. The molecule has 0 aromatic heterocycles. The third-order valence-corrected chi connectivity index (χ3v) is 11.6. The zero-order chi connectivity index (χ0) is 73.8. The van der Waals surface area contributed by atoms with Gasteiger partial charge in [0.2, 0.25) is 45.5 Å². The van der Waals surface area contributed by atoms with Gasteiger partial charge >= 0.3 is 45.5 Å². The molecule has 0 spiro atoms. The molecule has 0 atom stereocenters. The van der Waals surface area contributed by atoms with Crippen molar-refractivity contribution in [3.8, 4) is 0 Å². The Hall–Kier alpha value is -11.0. The zero-order valence-corrected chi connectivity index (χ0v) is 53.3. The van der Waals surface area contributed by atoms with E-state index in [2.05, 4.69) is 41.8 Å². The Morgan fingerprint density at radius 1 is 0.210 bits per heavy atom. The maximum Gasteiger partial charge on any atom is 0.312 e. The van der Waals surface area contributed by atoms with Gasteiger partial charge in [-0.05, 0) is 0 Å². The first-order valence-electron chi connectivity index (χ1n) is 26.7. The number of hydrogen-bond acceptors (Lipinski definition) is 28. The maximum absolute atomic E-state index is 10.8. The SMILES string of the molecule is O=P([O-])([O-])F.O=P([O-])([O-])F.O=P([O-])([O-])F.O=P([O-])([O-])F.[O-][N+]1=N[NH2+]c2ccccc21.[O-][N+]1=N[NH2+]c2ccccc21.[O-][N+]1=N[NH2+]c2ccccc21.[O-][N+]1=N[NH2+]c2ccccc21.[O-][N+]1=N[NH2+]c2ccccc21.[O-][N+]1=N[NH2+]c2ccccc21.[O-][N+]1=N[NH2+]c2ccccc21.[O-][N+]1=N[NH2+]c2ccccc21. The minimum atomic E-state index is -5.64. The first-order chi connectivity index (χ1) is 47.0. The Labute approximate surface area is 555 Å². The Kier molecular flexibility index (Phi) is 30.0. The number of quaternary nitrogens is 8. The molecule has 8 heterocycles. The lowest BCUT2D eigenvalue weighted by Gasteiger charge is -2.15. The average molecular weight is 1480 g/mol. The van der Waals surface area contributed by atoms with Gasteiger partial charge < -0.3 is 99.1 Å². The highest BCUT2D eigenvalue weighted by atomic mass is 31.2. The van der Waals surface area contributed by atoms with Crippen LogP contribution >= 0.6 is 31.6 Å². The lowest BCUT2D eigenvalue weighted by Crippen LogP contribution is -2.69. The van der Waals surface area contributed by atoms with Crippen LogP contribution in [-0.2, 0) is 18.3 Å². The summed E-state index contributed by atoms with van der Waals surface area (Å²) in [5, 5.41) is 115. The van der Waals surface area contributed by atoms with Gasteiger partial charge in [0.1, 0.15) is 31.6 Å². The molecular weight excluding hydrogens is 1430 g/mol. The molecule has 0 bridgehead atoms. The van der Waals surface area contributed by atoms with Crippen LogP contribution in [0.1, 0.15) is 0 Å². The van der Waals surface area contributed by atoms with Gasteiger partial charge in [-0.1, -0.05) is 97.1 Å². The summed E-state index contributed by atoms with van der Waals surface area (Å²) < 4.78 is 74.3. The largest absolute Gasteiger partial charge is 0.786 e. The van der Waals surface area contributed by atoms with Gasteiger partial charge in [0.25, 0.3) is 0 Å². The fraction of sp³-hybridized carbons (Fsp3) is 0. The molecule has 16 N–H and O–H groups in total. The van der Waals surface area contributed by atoms with Crippen molar-refractivity contribution in [2.45, 2.75) is 0 Å². The number of para-hydroxylation sites is 8. The predicted octanol–water partition coefficient (Wildman–Crippen LogP) is -1.63. The number of halogens is 4. The summed E-state index contributed by atoms with van der Waals surface area (Å²) in [6.07, 6.45) is 0. The molecule has 0 unspecified atom stereocenters. The normalized spacial score (nSPS) is 14.0. The fourth-order valence-corrected chi connectivity index (χ4v) is 7.58. The van der Waals surface area contributed by atoms with Gasteiger partial charge in [-0.2, -0.15) is 0 Å². The van der Waals surface area contributed by atoms with Gasteiger partial charge in [0.15, 0.2) is 41.8 Å². The van der Waals surface area contributed by atoms with E-state index < -0.39 is 31.6 Å². The number of nitrogens with zero attached hydrogens (tertiary/aromatic N) is 16. The van der Waals surface area contributed by atoms with E-state index in [4.69, 9.17) is 57.4 Å². The van der Waals surface area contributed by atoms with E-state index in [-0.39, 0.29) is 0 Å². The summed E-state index contributed by atoms with van der Waals surface area (Å²) in [5.74, 6) is 0. The Balaban J connectivity index is 0.000000199. The van der Waals surface area contributed by atoms with E-state index in [9.17, 15) is 58.4 Å². The van der Waals surface area contributed by atoms with Crippen LogP contribution in [0.5, 0.6) is 0 Å². The molecule has 0 saturated carbocycles. The van der Waals surface area contributed by atoms with Gasteiger partial charge in [-0.3, -0.25) is 0 Å². The third-order valence-electron chi connectivity index (χ3n) is 11.6. The molecule has 8 aliphatic heterocycles. The van der Waals surface area contributed by atoms with Crippen molar-refractivity contribution in [3.63, 3.8) is 0 Å². The predicted molar refractivity (Wildman–Crippen MR) is 305 cm³/mol. The number of hydrogen-bond donors (Lipinski definition) is 8. The summed E-state index contributed by atoms with van der Waals surface area (Å²) in [6.45, 7) is 0. The second kappa shape index (κ2) is 37.6. The first-order valence-corrected chi connectivity index (χ1v) is 32.4. The summed E-state index contributed by atoms with van der Waals surface area (Å²) in [6, 6.07) is 58.4. The molecule has 528 valence electrons. The molecule has 8 aromatic carbocycles. The number of rotatable bonds is 0. The Morgan fingerprint density at radius 2 is 0.290 bits per heavy atom. The second-order valence-corrected chi connectivity index (χ2v) is 21.8. The Bertz CT molecular complexity index is 3780. The molecule has 0 saturated heterocycles. The van der Waals surface area contributed by atoms with E-state index in [1.54, 1.807) is 91.9 Å². The van der Waals surface area contributed by atoms with Crippen molar-refractivity contribution >= 4 is 123 Å². The number of fused-ring (bicyclic) bond motifs is 8.